The summed E-state index contributed by atoms with van der Waals surface area (Å²) in [4.78, 5) is 62.2. The van der Waals surface area contributed by atoms with Crippen molar-refractivity contribution in [2.24, 2.45) is 0 Å². The zero-order chi connectivity index (χ0) is 34.2. The highest BCUT2D eigenvalue weighted by Gasteiger charge is 2.29. The number of nitro benzene ring substituents is 1. The van der Waals surface area contributed by atoms with Gasteiger partial charge in [-0.2, -0.15) is 0 Å². The molecule has 4 aromatic rings. The molecule has 0 bridgehead atoms. The van der Waals surface area contributed by atoms with Crippen LogP contribution in [0.3, 0.4) is 0 Å². The average Bonchev–Trinajstić information content (AvgIpc) is 3.59. The maximum absolute atomic E-state index is 13.5. The number of non-ortho nitro benzene ring substituents is 1. The van der Waals surface area contributed by atoms with Crippen molar-refractivity contribution in [1.82, 2.24) is 20.1 Å². The second-order valence-electron chi connectivity index (χ2n) is 10.0. The first-order valence-corrected chi connectivity index (χ1v) is 16.1. The van der Waals surface area contributed by atoms with E-state index < -0.39 is 33.9 Å². The van der Waals surface area contributed by atoms with Crippen molar-refractivity contribution in [1.29, 1.82) is 0 Å². The van der Waals surface area contributed by atoms with Gasteiger partial charge in [-0.3, -0.25) is 24.3 Å². The molecule has 2 aromatic heterocycles. The van der Waals surface area contributed by atoms with Crippen LogP contribution in [0.15, 0.2) is 53.7 Å². The fraction of sp³-hybridized carbons (Fsp3) is 0.290. The van der Waals surface area contributed by atoms with Crippen LogP contribution in [0.25, 0.3) is 5.69 Å². The molecule has 0 aliphatic rings. The third kappa shape index (κ3) is 8.20. The van der Waals surface area contributed by atoms with Gasteiger partial charge < -0.3 is 20.1 Å². The van der Waals surface area contributed by atoms with E-state index in [1.165, 1.54) is 24.3 Å². The zero-order valence-electron chi connectivity index (χ0n) is 26.2. The number of esters is 2. The van der Waals surface area contributed by atoms with Crippen LogP contribution in [-0.4, -0.2) is 61.9 Å². The third-order valence-corrected chi connectivity index (χ3v) is 8.91. The number of carbonyl (C=O) groups excluding carboxylic acids is 4. The average molecular weight is 681 g/mol. The molecule has 0 aliphatic heterocycles. The smallest absolute Gasteiger partial charge is 0.348 e. The Bertz CT molecular complexity index is 1820. The Morgan fingerprint density at radius 3 is 2.34 bits per heavy atom. The fourth-order valence-corrected chi connectivity index (χ4v) is 6.36. The van der Waals surface area contributed by atoms with Crippen LogP contribution in [0.5, 0.6) is 0 Å². The van der Waals surface area contributed by atoms with Crippen molar-refractivity contribution < 1.29 is 33.6 Å². The molecule has 16 heteroatoms. The van der Waals surface area contributed by atoms with Gasteiger partial charge in [-0.15, -0.1) is 21.5 Å². The summed E-state index contributed by atoms with van der Waals surface area (Å²) < 4.78 is 12.0. The molecule has 2 heterocycles. The van der Waals surface area contributed by atoms with Gasteiger partial charge in [-0.1, -0.05) is 23.9 Å². The number of thioether (sulfide) groups is 1. The van der Waals surface area contributed by atoms with Crippen molar-refractivity contribution in [3.8, 4) is 5.69 Å². The first-order chi connectivity index (χ1) is 22.4. The van der Waals surface area contributed by atoms with Gasteiger partial charge in [0.05, 0.1) is 35.5 Å². The van der Waals surface area contributed by atoms with Crippen LogP contribution in [-0.2, 0) is 20.8 Å². The van der Waals surface area contributed by atoms with Crippen LogP contribution < -0.4 is 10.6 Å². The summed E-state index contributed by atoms with van der Waals surface area (Å²) in [6.07, 6.45) is 0. The first kappa shape index (κ1) is 34.8. The van der Waals surface area contributed by atoms with Crippen LogP contribution >= 0.6 is 23.1 Å². The Morgan fingerprint density at radius 1 is 1.02 bits per heavy atom. The number of carbonyl (C=O) groups is 4. The molecule has 2 N–H and O–H groups in total. The van der Waals surface area contributed by atoms with E-state index in [1.807, 2.05) is 31.2 Å². The van der Waals surface area contributed by atoms with Gasteiger partial charge in [0.1, 0.15) is 9.88 Å². The van der Waals surface area contributed by atoms with Crippen molar-refractivity contribution in [3.63, 3.8) is 0 Å². The van der Waals surface area contributed by atoms with E-state index in [0.717, 1.165) is 28.7 Å². The molecule has 0 spiro atoms. The monoisotopic (exact) mass is 680 g/mol. The summed E-state index contributed by atoms with van der Waals surface area (Å²) in [5.74, 6) is -1.84. The number of ether oxygens (including phenoxy) is 2. The maximum Gasteiger partial charge on any atom is 0.348 e. The lowest BCUT2D eigenvalue weighted by atomic mass is 10.1. The summed E-state index contributed by atoms with van der Waals surface area (Å²) in [7, 11) is 0. The number of amides is 2. The van der Waals surface area contributed by atoms with E-state index in [-0.39, 0.29) is 46.5 Å². The van der Waals surface area contributed by atoms with Crippen molar-refractivity contribution in [2.75, 3.05) is 18.5 Å². The number of nitrogens with one attached hydrogen (secondary N) is 2. The summed E-state index contributed by atoms with van der Waals surface area (Å²) in [6.45, 7) is 8.70. The Kier molecular flexibility index (Phi) is 11.4. The number of nitro groups is 1. The number of anilines is 1. The molecule has 0 unspecified atom stereocenters. The van der Waals surface area contributed by atoms with Gasteiger partial charge in [-0.05, 0) is 70.0 Å². The topological polar surface area (TPSA) is 185 Å². The Morgan fingerprint density at radius 2 is 1.70 bits per heavy atom. The minimum atomic E-state index is -0.756. The summed E-state index contributed by atoms with van der Waals surface area (Å²) in [5.41, 5.74) is 2.18. The number of hydrogen-bond acceptors (Lipinski definition) is 12. The van der Waals surface area contributed by atoms with Gasteiger partial charge in [0.15, 0.2) is 11.0 Å². The number of benzene rings is 2. The second-order valence-corrected chi connectivity index (χ2v) is 12.3. The molecule has 14 nitrogen and oxygen atoms in total. The molecule has 4 rings (SSSR count). The number of rotatable bonds is 13. The van der Waals surface area contributed by atoms with Crippen molar-refractivity contribution in [2.45, 2.75) is 51.6 Å². The number of aromatic nitrogens is 3. The number of nitrogens with zero attached hydrogens (tertiary/aromatic N) is 4. The second kappa shape index (κ2) is 15.5. The lowest BCUT2D eigenvalue weighted by molar-refractivity contribution is -0.384. The van der Waals surface area contributed by atoms with E-state index in [1.54, 1.807) is 32.3 Å². The molecular weight excluding hydrogens is 649 g/mol. The highest BCUT2D eigenvalue weighted by molar-refractivity contribution is 8.00. The number of aryl methyl sites for hydroxylation is 1. The minimum absolute atomic E-state index is 0.0358. The van der Waals surface area contributed by atoms with Gasteiger partial charge in [-0.25, -0.2) is 9.59 Å². The Hall–Kier alpha value is -5.09. The maximum atomic E-state index is 13.5. The van der Waals surface area contributed by atoms with Gasteiger partial charge in [0.25, 0.3) is 11.6 Å². The van der Waals surface area contributed by atoms with Crippen LogP contribution in [0.4, 0.5) is 10.7 Å². The Balaban J connectivity index is 1.58. The lowest BCUT2D eigenvalue weighted by Crippen LogP contribution is -2.25. The molecule has 0 saturated heterocycles. The van der Waals surface area contributed by atoms with Gasteiger partial charge >= 0.3 is 11.9 Å². The molecular formula is C31H32N6O8S2. The summed E-state index contributed by atoms with van der Waals surface area (Å²) in [6, 6.07) is 12.7. The zero-order valence-corrected chi connectivity index (χ0v) is 27.8. The molecule has 2 amide bonds. The molecule has 1 atom stereocenters. The van der Waals surface area contributed by atoms with Gasteiger partial charge in [0, 0.05) is 23.4 Å². The highest BCUT2D eigenvalue weighted by atomic mass is 32.2. The molecule has 0 fully saturated rings. The van der Waals surface area contributed by atoms with E-state index in [4.69, 9.17) is 9.47 Å². The standard InChI is InChI=1S/C31H32N6O8S2/c1-6-44-29(40)24-18(4)25(30(41)45-7-2)47-28(24)33-26(38)19(5)46-31-35-34-23(36(31)22-10-8-9-17(3)15-22)16-32-27(39)20-11-13-21(14-12-20)37(42)43/h8-15,19H,6-7,16H2,1-5H3,(H,32,39)(H,33,38)/t19-/m0/s1. The summed E-state index contributed by atoms with van der Waals surface area (Å²) in [5, 5.41) is 24.8. The largest absolute Gasteiger partial charge is 0.462 e. The first-order valence-electron chi connectivity index (χ1n) is 14.4. The van der Waals surface area contributed by atoms with Crippen molar-refractivity contribution in [3.05, 3.63) is 91.6 Å². The minimum Gasteiger partial charge on any atom is -0.462 e. The predicted molar refractivity (Wildman–Crippen MR) is 175 cm³/mol. The quantitative estimate of drug-likeness (QED) is 0.0813. The van der Waals surface area contributed by atoms with E-state index >= 15 is 0 Å². The lowest BCUT2D eigenvalue weighted by Gasteiger charge is -2.15. The highest BCUT2D eigenvalue weighted by Crippen LogP contribution is 2.35. The molecule has 246 valence electrons. The fourth-order valence-electron chi connectivity index (χ4n) is 4.38. The van der Waals surface area contributed by atoms with E-state index in [9.17, 15) is 29.3 Å². The van der Waals surface area contributed by atoms with Gasteiger partial charge in [0.2, 0.25) is 5.91 Å². The number of hydrogen-bond donors (Lipinski definition) is 2. The Labute approximate surface area is 278 Å². The molecule has 0 saturated carbocycles. The van der Waals surface area contributed by atoms with Crippen LogP contribution in [0, 0.1) is 24.0 Å². The number of thiophene rings is 1. The van der Waals surface area contributed by atoms with Crippen molar-refractivity contribution >= 4 is 57.5 Å². The molecule has 47 heavy (non-hydrogen) atoms. The molecule has 0 radical (unpaired) electrons. The third-order valence-electron chi connectivity index (χ3n) is 6.68. The van der Waals surface area contributed by atoms with E-state index in [0.29, 0.717) is 22.2 Å². The van der Waals surface area contributed by atoms with E-state index in [2.05, 4.69) is 20.8 Å². The molecule has 2 aromatic carbocycles. The SMILES string of the molecule is CCOC(=O)c1sc(NC(=O)[C@H](C)Sc2nnc(CNC(=O)c3ccc([N+](=O)[O-])cc3)n2-c2cccc(C)c2)c(C(=O)OCC)c1C. The van der Waals surface area contributed by atoms with Crippen LogP contribution in [0.2, 0.25) is 0 Å². The normalized spacial score (nSPS) is 11.4. The summed E-state index contributed by atoms with van der Waals surface area (Å²) >= 11 is 2.03. The predicted octanol–water partition coefficient (Wildman–Crippen LogP) is 5.26. The molecule has 0 aliphatic carbocycles. The van der Waals surface area contributed by atoms with Crippen LogP contribution in [0.1, 0.15) is 68.1 Å².